The number of imidazole rings is 1. The number of hydrogen-bond donors (Lipinski definition) is 2. The maximum absolute atomic E-state index is 13.4. The number of halogens is 2. The summed E-state index contributed by atoms with van der Waals surface area (Å²) in [5.74, 6) is -2.53. The fourth-order valence-corrected chi connectivity index (χ4v) is 3.94. The molecule has 2 fully saturated rings. The first-order valence-corrected chi connectivity index (χ1v) is 9.44. The van der Waals surface area contributed by atoms with E-state index in [1.807, 2.05) is 42.0 Å². The number of nitrogens with one attached hydrogen (secondary N) is 2. The fraction of sp³-hybridized carbons (Fsp3) is 0.500. The van der Waals surface area contributed by atoms with Gasteiger partial charge in [-0.1, -0.05) is 18.2 Å². The van der Waals surface area contributed by atoms with Crippen LogP contribution < -0.4 is 10.6 Å². The number of anilines is 1. The van der Waals surface area contributed by atoms with Gasteiger partial charge in [0.1, 0.15) is 5.54 Å². The van der Waals surface area contributed by atoms with Gasteiger partial charge in [-0.15, -0.1) is 0 Å². The van der Waals surface area contributed by atoms with Crippen molar-refractivity contribution in [1.82, 2.24) is 14.9 Å². The first-order chi connectivity index (χ1) is 12.9. The Bertz CT molecular complexity index is 840. The summed E-state index contributed by atoms with van der Waals surface area (Å²) in [5, 5.41) is 6.29. The molecule has 0 bridgehead atoms. The zero-order valence-electron chi connectivity index (χ0n) is 15.3. The monoisotopic (exact) mass is 374 g/mol. The van der Waals surface area contributed by atoms with Gasteiger partial charge >= 0.3 is 0 Å². The largest absolute Gasteiger partial charge is 0.382 e. The molecule has 5 nitrogen and oxygen atoms in total. The average molecular weight is 374 g/mol. The zero-order valence-corrected chi connectivity index (χ0v) is 15.3. The van der Waals surface area contributed by atoms with Crippen molar-refractivity contribution < 1.29 is 13.6 Å². The van der Waals surface area contributed by atoms with Crippen LogP contribution in [0.25, 0.3) is 11.3 Å². The minimum absolute atomic E-state index is 0.000920. The third-order valence-electron chi connectivity index (χ3n) is 5.82. The maximum atomic E-state index is 13.4. The van der Waals surface area contributed by atoms with Crippen LogP contribution in [0.4, 0.5) is 14.5 Å². The number of benzene rings is 1. The Morgan fingerprint density at radius 3 is 2.67 bits per heavy atom. The van der Waals surface area contributed by atoms with Crippen LogP contribution in [0.5, 0.6) is 0 Å². The minimum Gasteiger partial charge on any atom is -0.382 e. The van der Waals surface area contributed by atoms with Crippen LogP contribution in [0.15, 0.2) is 36.8 Å². The molecule has 2 N–H and O–H groups in total. The Hall–Kier alpha value is -2.44. The van der Waals surface area contributed by atoms with Crippen molar-refractivity contribution in [2.45, 2.75) is 56.5 Å². The molecule has 0 spiro atoms. The summed E-state index contributed by atoms with van der Waals surface area (Å²) >= 11 is 0. The molecule has 1 saturated heterocycles. The number of hydrogen-bond acceptors (Lipinski definition) is 3. The summed E-state index contributed by atoms with van der Waals surface area (Å²) in [6.45, 7) is 2.57. The summed E-state index contributed by atoms with van der Waals surface area (Å²) in [4.78, 5) is 16.7. The summed E-state index contributed by atoms with van der Waals surface area (Å²) in [6, 6.07) is 7.80. The van der Waals surface area contributed by atoms with Crippen molar-refractivity contribution in [1.29, 1.82) is 0 Å². The van der Waals surface area contributed by atoms with E-state index in [1.165, 1.54) is 0 Å². The lowest BCUT2D eigenvalue weighted by molar-refractivity contribution is -0.125. The van der Waals surface area contributed by atoms with E-state index in [2.05, 4.69) is 15.6 Å². The second-order valence-corrected chi connectivity index (χ2v) is 7.77. The number of rotatable bonds is 4. The van der Waals surface area contributed by atoms with Gasteiger partial charge in [-0.25, -0.2) is 13.8 Å². The molecule has 7 heteroatoms. The third-order valence-corrected chi connectivity index (χ3v) is 5.82. The predicted molar refractivity (Wildman–Crippen MR) is 99.8 cm³/mol. The van der Waals surface area contributed by atoms with Gasteiger partial charge in [0.05, 0.1) is 12.0 Å². The molecule has 1 atom stereocenters. The normalized spacial score (nSPS) is 25.4. The number of aromatic nitrogens is 2. The van der Waals surface area contributed by atoms with E-state index in [-0.39, 0.29) is 24.8 Å². The quantitative estimate of drug-likeness (QED) is 0.856. The molecule has 27 heavy (non-hydrogen) atoms. The number of para-hydroxylation sites is 1. The van der Waals surface area contributed by atoms with Gasteiger partial charge in [0.25, 0.3) is 0 Å². The molecule has 1 amide bonds. The van der Waals surface area contributed by atoms with Crippen LogP contribution in [0, 0.1) is 0 Å². The lowest BCUT2D eigenvalue weighted by Crippen LogP contribution is -2.37. The molecule has 1 aliphatic carbocycles. The van der Waals surface area contributed by atoms with Gasteiger partial charge in [0, 0.05) is 42.9 Å². The van der Waals surface area contributed by atoms with E-state index in [4.69, 9.17) is 0 Å². The summed E-state index contributed by atoms with van der Waals surface area (Å²) in [7, 11) is 0. The van der Waals surface area contributed by atoms with Gasteiger partial charge < -0.3 is 15.2 Å². The molecule has 2 aliphatic rings. The molecule has 1 saturated carbocycles. The smallest absolute Gasteiger partial charge is 0.248 e. The summed E-state index contributed by atoms with van der Waals surface area (Å²) in [5.41, 5.74) is 1.94. The molecule has 1 aromatic carbocycles. The van der Waals surface area contributed by atoms with Crippen LogP contribution in [0.1, 0.15) is 39.0 Å². The van der Waals surface area contributed by atoms with Gasteiger partial charge in [-0.3, -0.25) is 4.79 Å². The Morgan fingerprint density at radius 1 is 1.22 bits per heavy atom. The highest BCUT2D eigenvalue weighted by Gasteiger charge is 2.39. The molecule has 1 aromatic heterocycles. The van der Waals surface area contributed by atoms with Crippen LogP contribution >= 0.6 is 0 Å². The molecule has 1 unspecified atom stereocenters. The molecule has 144 valence electrons. The summed E-state index contributed by atoms with van der Waals surface area (Å²) < 4.78 is 28.7. The standard InChI is InChI=1S/C20H24F2N4O/c1-19(10-11-23-18(19)27)26-12-17(24-13-26)15-4-2-3-5-16(15)25-14-6-8-20(21,22)9-7-14/h2-5,12-14,25H,6-11H2,1H3,(H,23,27). The topological polar surface area (TPSA) is 59.0 Å². The molecular weight excluding hydrogens is 350 g/mol. The maximum Gasteiger partial charge on any atom is 0.248 e. The van der Waals surface area contributed by atoms with Gasteiger partial charge in [-0.05, 0) is 32.3 Å². The Labute approximate surface area is 157 Å². The Balaban J connectivity index is 1.56. The predicted octanol–water partition coefficient (Wildman–Crippen LogP) is 3.78. The molecule has 1 aliphatic heterocycles. The second-order valence-electron chi connectivity index (χ2n) is 7.77. The van der Waals surface area contributed by atoms with Crippen molar-refractivity contribution >= 4 is 11.6 Å². The van der Waals surface area contributed by atoms with E-state index >= 15 is 0 Å². The Morgan fingerprint density at radius 2 is 1.96 bits per heavy atom. The van der Waals surface area contributed by atoms with E-state index in [0.29, 0.717) is 19.4 Å². The first-order valence-electron chi connectivity index (χ1n) is 9.44. The van der Waals surface area contributed by atoms with Crippen molar-refractivity contribution in [2.24, 2.45) is 0 Å². The second kappa shape index (κ2) is 6.62. The zero-order chi connectivity index (χ0) is 19.1. The fourth-order valence-electron chi connectivity index (χ4n) is 3.94. The molecule has 2 aromatic rings. The highest BCUT2D eigenvalue weighted by atomic mass is 19.3. The van der Waals surface area contributed by atoms with Crippen LogP contribution in [-0.2, 0) is 10.3 Å². The number of nitrogens with zero attached hydrogens (tertiary/aromatic N) is 2. The van der Waals surface area contributed by atoms with E-state index in [1.54, 1.807) is 6.33 Å². The first kappa shape index (κ1) is 17.9. The van der Waals surface area contributed by atoms with Crippen LogP contribution in [0.2, 0.25) is 0 Å². The van der Waals surface area contributed by atoms with Crippen molar-refractivity contribution in [3.05, 3.63) is 36.8 Å². The lowest BCUT2D eigenvalue weighted by atomic mass is 9.92. The SMILES string of the molecule is CC1(n2cnc(-c3ccccc3NC3CCC(F)(F)CC3)c2)CCNC1=O. The van der Waals surface area contributed by atoms with E-state index in [0.717, 1.165) is 23.4 Å². The van der Waals surface area contributed by atoms with Crippen LogP contribution in [-0.4, -0.2) is 34.0 Å². The van der Waals surface area contributed by atoms with Crippen molar-refractivity contribution in [3.63, 3.8) is 0 Å². The molecular formula is C20H24F2N4O. The molecule has 2 heterocycles. The molecule has 4 rings (SSSR count). The third kappa shape index (κ3) is 3.42. The van der Waals surface area contributed by atoms with E-state index in [9.17, 15) is 13.6 Å². The lowest BCUT2D eigenvalue weighted by Gasteiger charge is -2.30. The van der Waals surface area contributed by atoms with E-state index < -0.39 is 11.5 Å². The number of alkyl halides is 2. The van der Waals surface area contributed by atoms with Crippen molar-refractivity contribution in [3.8, 4) is 11.3 Å². The Kier molecular flexibility index (Phi) is 4.40. The summed E-state index contributed by atoms with van der Waals surface area (Å²) in [6.07, 6.45) is 5.06. The number of carbonyl (C=O) groups is 1. The van der Waals surface area contributed by atoms with Gasteiger partial charge in [-0.2, -0.15) is 0 Å². The molecule has 0 radical (unpaired) electrons. The number of amides is 1. The highest BCUT2D eigenvalue weighted by molar-refractivity contribution is 5.86. The average Bonchev–Trinajstić information content (AvgIpc) is 3.26. The number of carbonyl (C=O) groups excluding carboxylic acids is 1. The van der Waals surface area contributed by atoms with Gasteiger partial charge in [0.15, 0.2) is 0 Å². The van der Waals surface area contributed by atoms with Gasteiger partial charge in [0.2, 0.25) is 11.8 Å². The minimum atomic E-state index is -2.53. The van der Waals surface area contributed by atoms with Crippen LogP contribution in [0.3, 0.4) is 0 Å². The van der Waals surface area contributed by atoms with Crippen molar-refractivity contribution in [2.75, 3.05) is 11.9 Å². The highest BCUT2D eigenvalue weighted by Crippen LogP contribution is 2.36.